The van der Waals surface area contributed by atoms with Crippen molar-refractivity contribution in [2.24, 2.45) is 7.05 Å². The zero-order valence-corrected chi connectivity index (χ0v) is 20.0. The van der Waals surface area contributed by atoms with Crippen LogP contribution in [0.1, 0.15) is 24.4 Å². The van der Waals surface area contributed by atoms with Crippen molar-refractivity contribution in [3.05, 3.63) is 65.9 Å². The predicted octanol–water partition coefficient (Wildman–Crippen LogP) is 2.56. The first-order valence-electron chi connectivity index (χ1n) is 10.3. The first-order chi connectivity index (χ1) is 16.6. The molecule has 0 spiro atoms. The largest absolute Gasteiger partial charge is 0.372 e. The minimum atomic E-state index is -4.25. The van der Waals surface area contributed by atoms with E-state index in [-0.39, 0.29) is 17.3 Å². The number of methoxy groups -OCH3 is 1. The standard InChI is InChI=1S/C21H22F2N8O3S/c1-12-10-24-19(25-11-12)18(34-4)13(2)35(32,33)29-21-27-26-20(16-8-9-30(3)28-16)31(21)17-14(22)6-5-7-15(17)23/h5-11,13,18H,1-4H3,(H,27,29)/t13-,18-/m0/s1. The number of nitrogens with zero attached hydrogens (tertiary/aromatic N) is 7. The molecule has 184 valence electrons. The number of aromatic nitrogens is 7. The van der Waals surface area contributed by atoms with Crippen LogP contribution >= 0.6 is 0 Å². The quantitative estimate of drug-likeness (QED) is 0.388. The van der Waals surface area contributed by atoms with Gasteiger partial charge in [-0.15, -0.1) is 10.2 Å². The molecular formula is C21H22F2N8O3S. The lowest BCUT2D eigenvalue weighted by Gasteiger charge is -2.22. The van der Waals surface area contributed by atoms with Crippen LogP contribution in [0.25, 0.3) is 17.2 Å². The number of hydrogen-bond acceptors (Lipinski definition) is 8. The predicted molar refractivity (Wildman–Crippen MR) is 122 cm³/mol. The molecule has 0 amide bonds. The van der Waals surface area contributed by atoms with Gasteiger partial charge in [-0.05, 0) is 37.6 Å². The summed E-state index contributed by atoms with van der Waals surface area (Å²) >= 11 is 0. The Balaban J connectivity index is 1.78. The van der Waals surface area contributed by atoms with Gasteiger partial charge in [-0.1, -0.05) is 6.07 Å². The van der Waals surface area contributed by atoms with Crippen molar-refractivity contribution >= 4 is 16.0 Å². The Hall–Kier alpha value is -3.78. The minimum Gasteiger partial charge on any atom is -0.372 e. The Kier molecular flexibility index (Phi) is 6.58. The third kappa shape index (κ3) is 4.74. The van der Waals surface area contributed by atoms with Gasteiger partial charge in [0.05, 0.1) is 0 Å². The van der Waals surface area contributed by atoms with Crippen molar-refractivity contribution in [2.45, 2.75) is 25.2 Å². The summed E-state index contributed by atoms with van der Waals surface area (Å²) in [5.41, 5.74) is 0.456. The van der Waals surface area contributed by atoms with Gasteiger partial charge < -0.3 is 4.74 Å². The fourth-order valence-electron chi connectivity index (χ4n) is 3.40. The van der Waals surface area contributed by atoms with Crippen LogP contribution in [-0.4, -0.2) is 55.3 Å². The summed E-state index contributed by atoms with van der Waals surface area (Å²) in [6.45, 7) is 3.19. The maximum atomic E-state index is 14.8. The van der Waals surface area contributed by atoms with Crippen LogP contribution in [0.3, 0.4) is 0 Å². The summed E-state index contributed by atoms with van der Waals surface area (Å²) in [5.74, 6) is -2.23. The molecule has 1 aromatic carbocycles. The molecule has 11 nitrogen and oxygen atoms in total. The number of sulfonamides is 1. The highest BCUT2D eigenvalue weighted by molar-refractivity contribution is 7.93. The van der Waals surface area contributed by atoms with Gasteiger partial charge in [0, 0.05) is 32.7 Å². The number of para-hydroxylation sites is 1. The number of aryl methyl sites for hydroxylation is 2. The lowest BCUT2D eigenvalue weighted by molar-refractivity contribution is 0.0949. The molecule has 0 aliphatic rings. The van der Waals surface area contributed by atoms with Crippen LogP contribution in [0.4, 0.5) is 14.7 Å². The van der Waals surface area contributed by atoms with E-state index in [4.69, 9.17) is 4.74 Å². The van der Waals surface area contributed by atoms with Crippen molar-refractivity contribution in [3.63, 3.8) is 0 Å². The van der Waals surface area contributed by atoms with Crippen molar-refractivity contribution in [1.29, 1.82) is 0 Å². The number of hydrogen-bond donors (Lipinski definition) is 1. The molecule has 0 saturated heterocycles. The van der Waals surface area contributed by atoms with E-state index >= 15 is 0 Å². The van der Waals surface area contributed by atoms with Gasteiger partial charge in [-0.3, -0.25) is 14.0 Å². The van der Waals surface area contributed by atoms with Gasteiger partial charge in [0.25, 0.3) is 0 Å². The van der Waals surface area contributed by atoms with Gasteiger partial charge in [0.2, 0.25) is 16.0 Å². The smallest absolute Gasteiger partial charge is 0.243 e. The highest BCUT2D eigenvalue weighted by atomic mass is 32.2. The lowest BCUT2D eigenvalue weighted by atomic mass is 10.2. The van der Waals surface area contributed by atoms with Gasteiger partial charge in [0.1, 0.15) is 34.4 Å². The van der Waals surface area contributed by atoms with E-state index in [9.17, 15) is 17.2 Å². The first-order valence-corrected chi connectivity index (χ1v) is 11.9. The van der Waals surface area contributed by atoms with E-state index in [1.54, 1.807) is 26.2 Å². The van der Waals surface area contributed by atoms with E-state index in [2.05, 4.69) is 30.0 Å². The number of nitrogens with one attached hydrogen (secondary N) is 1. The number of rotatable bonds is 8. The Bertz CT molecular complexity index is 1430. The molecule has 14 heteroatoms. The fourth-order valence-corrected chi connectivity index (χ4v) is 4.54. The molecule has 35 heavy (non-hydrogen) atoms. The first kappa shape index (κ1) is 24.3. The van der Waals surface area contributed by atoms with Crippen molar-refractivity contribution in [2.75, 3.05) is 11.8 Å². The monoisotopic (exact) mass is 504 g/mol. The van der Waals surface area contributed by atoms with Crippen LogP contribution < -0.4 is 4.72 Å². The molecular weight excluding hydrogens is 482 g/mol. The Morgan fingerprint density at radius 1 is 1.09 bits per heavy atom. The normalized spacial score (nSPS) is 13.5. The number of halogens is 2. The Morgan fingerprint density at radius 2 is 1.74 bits per heavy atom. The molecule has 0 bridgehead atoms. The maximum absolute atomic E-state index is 14.8. The number of anilines is 1. The van der Waals surface area contributed by atoms with Crippen LogP contribution in [0, 0.1) is 18.6 Å². The molecule has 0 unspecified atom stereocenters. The lowest BCUT2D eigenvalue weighted by Crippen LogP contribution is -2.33. The van der Waals surface area contributed by atoms with Crippen molar-refractivity contribution in [3.8, 4) is 17.2 Å². The number of benzene rings is 1. The second kappa shape index (κ2) is 9.46. The summed E-state index contributed by atoms with van der Waals surface area (Å²) in [6, 6.07) is 4.82. The summed E-state index contributed by atoms with van der Waals surface area (Å²) in [5, 5.41) is 10.8. The van der Waals surface area contributed by atoms with E-state index in [0.29, 0.717) is 0 Å². The zero-order chi connectivity index (χ0) is 25.3. The van der Waals surface area contributed by atoms with Crippen LogP contribution in [0.15, 0.2) is 42.9 Å². The molecule has 4 rings (SSSR count). The summed E-state index contributed by atoms with van der Waals surface area (Å²) in [7, 11) is -1.27. The topological polar surface area (TPSA) is 130 Å². The summed E-state index contributed by atoms with van der Waals surface area (Å²) in [4.78, 5) is 8.31. The molecule has 0 saturated carbocycles. The molecule has 2 atom stereocenters. The van der Waals surface area contributed by atoms with Gasteiger partial charge in [-0.2, -0.15) is 5.10 Å². The average molecular weight is 505 g/mol. The third-order valence-electron chi connectivity index (χ3n) is 5.23. The van der Waals surface area contributed by atoms with Crippen molar-refractivity contribution in [1.82, 2.24) is 34.5 Å². The molecule has 4 aromatic rings. The van der Waals surface area contributed by atoms with Crippen LogP contribution in [-0.2, 0) is 21.8 Å². The van der Waals surface area contributed by atoms with Crippen molar-refractivity contribution < 1.29 is 21.9 Å². The molecule has 0 aliphatic carbocycles. The van der Waals surface area contributed by atoms with E-state index in [1.165, 1.54) is 37.2 Å². The molecule has 0 aliphatic heterocycles. The molecule has 1 N–H and O–H groups in total. The highest BCUT2D eigenvalue weighted by Gasteiger charge is 2.35. The SMILES string of the molecule is CO[C@H](c1ncc(C)cn1)[C@H](C)S(=O)(=O)Nc1nnc(-c2ccn(C)n2)n1-c1c(F)cccc1F. The van der Waals surface area contributed by atoms with Gasteiger partial charge >= 0.3 is 0 Å². The maximum Gasteiger partial charge on any atom is 0.243 e. The molecule has 3 heterocycles. The van der Waals surface area contributed by atoms with Crippen LogP contribution in [0.5, 0.6) is 0 Å². The van der Waals surface area contributed by atoms with Gasteiger partial charge in [-0.25, -0.2) is 27.2 Å². The summed E-state index contributed by atoms with van der Waals surface area (Å²) < 4.78 is 66.2. The van der Waals surface area contributed by atoms with Gasteiger partial charge in [0.15, 0.2) is 11.6 Å². The zero-order valence-electron chi connectivity index (χ0n) is 19.2. The highest BCUT2D eigenvalue weighted by Crippen LogP contribution is 2.30. The average Bonchev–Trinajstić information content (AvgIpc) is 3.41. The minimum absolute atomic E-state index is 0.0647. The molecule has 0 radical (unpaired) electrons. The second-order valence-corrected chi connectivity index (χ2v) is 9.79. The van der Waals surface area contributed by atoms with E-state index < -0.39 is 44.6 Å². The van der Waals surface area contributed by atoms with E-state index in [0.717, 1.165) is 22.3 Å². The summed E-state index contributed by atoms with van der Waals surface area (Å²) in [6.07, 6.45) is 3.64. The second-order valence-electron chi connectivity index (χ2n) is 7.75. The molecule has 3 aromatic heterocycles. The Labute approximate surface area is 199 Å². The molecule has 0 fully saturated rings. The van der Waals surface area contributed by atoms with E-state index in [1.807, 2.05) is 0 Å². The van der Waals surface area contributed by atoms with Crippen LogP contribution in [0.2, 0.25) is 0 Å². The Morgan fingerprint density at radius 3 is 2.31 bits per heavy atom. The fraction of sp³-hybridized carbons (Fsp3) is 0.286. The number of ether oxygens (including phenoxy) is 1. The third-order valence-corrected chi connectivity index (χ3v) is 6.92.